The minimum absolute atomic E-state index is 0.1000. The molecule has 1 aliphatic heterocycles. The summed E-state index contributed by atoms with van der Waals surface area (Å²) in [5.74, 6) is 0.668. The van der Waals surface area contributed by atoms with E-state index in [1.54, 1.807) is 33.1 Å². The normalized spacial score (nSPS) is 15.4. The molecule has 1 atom stereocenters. The smallest absolute Gasteiger partial charge is 0.310 e. The number of ether oxygens (including phenoxy) is 4. The van der Waals surface area contributed by atoms with Crippen LogP contribution in [0.15, 0.2) is 42.5 Å². The number of hydrogen-bond donors (Lipinski definition) is 1. The third kappa shape index (κ3) is 3.91. The quantitative estimate of drug-likeness (QED) is 0.557. The summed E-state index contributed by atoms with van der Waals surface area (Å²) >= 11 is 0. The number of para-hydroxylation sites is 1. The van der Waals surface area contributed by atoms with Gasteiger partial charge in [0.1, 0.15) is 17.2 Å². The molecule has 0 saturated heterocycles. The summed E-state index contributed by atoms with van der Waals surface area (Å²) in [7, 11) is 1.61. The number of carboxylic acid groups (broad SMARTS) is 1. The molecule has 0 aliphatic carbocycles. The maximum Gasteiger partial charge on any atom is 0.310 e. The lowest BCUT2D eigenvalue weighted by Crippen LogP contribution is -2.33. The van der Waals surface area contributed by atoms with Gasteiger partial charge in [-0.05, 0) is 26.0 Å². The molecule has 6 nitrogen and oxygen atoms in total. The van der Waals surface area contributed by atoms with E-state index >= 15 is 0 Å². The number of carboxylic acids is 1. The van der Waals surface area contributed by atoms with Gasteiger partial charge in [-0.1, -0.05) is 24.3 Å². The number of fused-ring (bicyclic) bond motifs is 2. The maximum atomic E-state index is 11.9. The molecule has 0 aromatic heterocycles. The molecule has 1 heterocycles. The molecular weight excluding hydrogens is 348 g/mol. The highest BCUT2D eigenvalue weighted by Gasteiger charge is 2.43. The molecule has 1 N–H and O–H groups in total. The highest BCUT2D eigenvalue weighted by molar-refractivity contribution is 5.77. The van der Waals surface area contributed by atoms with E-state index in [1.807, 2.05) is 30.3 Å². The Hall–Kier alpha value is -2.57. The first-order chi connectivity index (χ1) is 12.9. The van der Waals surface area contributed by atoms with Crippen molar-refractivity contribution in [2.75, 3.05) is 27.1 Å². The molecule has 0 bridgehead atoms. The molecule has 1 unspecified atom stereocenters. The van der Waals surface area contributed by atoms with Crippen LogP contribution in [0.25, 0.3) is 0 Å². The summed E-state index contributed by atoms with van der Waals surface area (Å²) in [6.07, 6.45) is 0. The van der Waals surface area contributed by atoms with Crippen molar-refractivity contribution in [3.63, 3.8) is 0 Å². The van der Waals surface area contributed by atoms with E-state index in [9.17, 15) is 9.90 Å². The summed E-state index contributed by atoms with van der Waals surface area (Å²) in [6.45, 7) is 4.52. The summed E-state index contributed by atoms with van der Waals surface area (Å²) in [4.78, 5) is 11.9. The summed E-state index contributed by atoms with van der Waals surface area (Å²) in [6, 6.07) is 13.0. The number of aliphatic carboxylic acids is 1. The predicted octanol–water partition coefficient (Wildman–Crippen LogP) is 4.03. The van der Waals surface area contributed by atoms with Gasteiger partial charge in [0.25, 0.3) is 0 Å². The Bertz CT molecular complexity index is 814. The Balaban J connectivity index is 1.89. The molecule has 144 valence electrons. The first-order valence-electron chi connectivity index (χ1n) is 8.78. The van der Waals surface area contributed by atoms with Crippen molar-refractivity contribution in [3.8, 4) is 17.2 Å². The molecule has 2 aromatic carbocycles. The molecule has 2 aromatic rings. The van der Waals surface area contributed by atoms with E-state index < -0.39 is 11.4 Å². The topological polar surface area (TPSA) is 74.2 Å². The van der Waals surface area contributed by atoms with Gasteiger partial charge in [-0.15, -0.1) is 0 Å². The van der Waals surface area contributed by atoms with Gasteiger partial charge < -0.3 is 24.1 Å². The third-order valence-electron chi connectivity index (χ3n) is 4.76. The first-order valence-corrected chi connectivity index (χ1v) is 8.78. The van der Waals surface area contributed by atoms with Crippen molar-refractivity contribution in [1.29, 1.82) is 0 Å². The Morgan fingerprint density at radius 1 is 1.11 bits per heavy atom. The second kappa shape index (κ2) is 7.98. The largest absolute Gasteiger partial charge is 0.481 e. The zero-order valence-corrected chi connectivity index (χ0v) is 15.7. The Labute approximate surface area is 158 Å². The minimum Gasteiger partial charge on any atom is -0.481 e. The van der Waals surface area contributed by atoms with Gasteiger partial charge in [-0.3, -0.25) is 4.79 Å². The summed E-state index contributed by atoms with van der Waals surface area (Å²) in [5, 5.41) is 9.79. The number of carbonyl (C=O) groups is 1. The van der Waals surface area contributed by atoms with E-state index in [2.05, 4.69) is 0 Å². The third-order valence-corrected chi connectivity index (χ3v) is 4.76. The van der Waals surface area contributed by atoms with E-state index in [1.165, 1.54) is 0 Å². The molecular formula is C21H24O6. The summed E-state index contributed by atoms with van der Waals surface area (Å²) < 4.78 is 21.9. The van der Waals surface area contributed by atoms with Gasteiger partial charge in [0.05, 0.1) is 18.6 Å². The highest BCUT2D eigenvalue weighted by Crippen LogP contribution is 2.52. The molecule has 0 radical (unpaired) electrons. The van der Waals surface area contributed by atoms with Gasteiger partial charge in [0.15, 0.2) is 6.79 Å². The minimum atomic E-state index is -1.000. The van der Waals surface area contributed by atoms with Crippen molar-refractivity contribution >= 4 is 5.97 Å². The molecule has 0 spiro atoms. The van der Waals surface area contributed by atoms with Crippen LogP contribution in [-0.2, 0) is 14.3 Å². The highest BCUT2D eigenvalue weighted by atomic mass is 16.7. The standard InChI is InChI=1S/C21H24O6/c1-21(2,20(22)23)19-15-6-4-5-7-17(15)27-18-12-14(8-9-16(18)19)26-13-25-11-10-24-3/h4-9,12,19H,10-11,13H2,1-3H3,(H,22,23). The van der Waals surface area contributed by atoms with E-state index in [-0.39, 0.29) is 12.7 Å². The Morgan fingerprint density at radius 3 is 2.59 bits per heavy atom. The number of rotatable bonds is 8. The van der Waals surface area contributed by atoms with E-state index in [0.717, 1.165) is 11.1 Å². The Kier molecular flexibility index (Phi) is 5.68. The van der Waals surface area contributed by atoms with Crippen LogP contribution in [0, 0.1) is 5.41 Å². The van der Waals surface area contributed by atoms with Gasteiger partial charge in [-0.25, -0.2) is 0 Å². The number of methoxy groups -OCH3 is 1. The molecule has 6 heteroatoms. The average molecular weight is 372 g/mol. The van der Waals surface area contributed by atoms with E-state index in [4.69, 9.17) is 18.9 Å². The van der Waals surface area contributed by atoms with Gasteiger partial charge >= 0.3 is 5.97 Å². The average Bonchev–Trinajstić information content (AvgIpc) is 2.65. The van der Waals surface area contributed by atoms with Crippen molar-refractivity contribution in [3.05, 3.63) is 53.6 Å². The molecule has 0 amide bonds. The first kappa shape index (κ1) is 19.2. The zero-order chi connectivity index (χ0) is 19.4. The fraction of sp³-hybridized carbons (Fsp3) is 0.381. The lowest BCUT2D eigenvalue weighted by atomic mass is 9.70. The Morgan fingerprint density at radius 2 is 1.85 bits per heavy atom. The van der Waals surface area contributed by atoms with Crippen LogP contribution in [-0.4, -0.2) is 38.2 Å². The summed E-state index contributed by atoms with van der Waals surface area (Å²) in [5.41, 5.74) is 0.697. The fourth-order valence-corrected chi connectivity index (χ4v) is 3.24. The molecule has 27 heavy (non-hydrogen) atoms. The van der Waals surface area contributed by atoms with Gasteiger partial charge in [0, 0.05) is 30.2 Å². The zero-order valence-electron chi connectivity index (χ0n) is 15.7. The number of benzene rings is 2. The maximum absolute atomic E-state index is 11.9. The SMILES string of the molecule is COCCOCOc1ccc2c(c1)Oc1ccccc1C2C(C)(C)C(=O)O. The van der Waals surface area contributed by atoms with Gasteiger partial charge in [-0.2, -0.15) is 0 Å². The molecule has 0 saturated carbocycles. The van der Waals surface area contributed by atoms with E-state index in [0.29, 0.717) is 30.5 Å². The molecule has 3 rings (SSSR count). The second-order valence-electron chi connectivity index (χ2n) is 6.96. The van der Waals surface area contributed by atoms with Crippen LogP contribution in [0.2, 0.25) is 0 Å². The lowest BCUT2D eigenvalue weighted by molar-refractivity contribution is -0.147. The van der Waals surface area contributed by atoms with Crippen molar-refractivity contribution in [2.45, 2.75) is 19.8 Å². The molecule has 1 aliphatic rings. The van der Waals surface area contributed by atoms with Gasteiger partial charge in [0.2, 0.25) is 0 Å². The van der Waals surface area contributed by atoms with Crippen LogP contribution in [0.1, 0.15) is 30.9 Å². The van der Waals surface area contributed by atoms with Crippen LogP contribution in [0.5, 0.6) is 17.2 Å². The van der Waals surface area contributed by atoms with Crippen LogP contribution in [0.4, 0.5) is 0 Å². The van der Waals surface area contributed by atoms with Crippen LogP contribution in [0.3, 0.4) is 0 Å². The number of hydrogen-bond acceptors (Lipinski definition) is 5. The second-order valence-corrected chi connectivity index (χ2v) is 6.96. The van der Waals surface area contributed by atoms with Crippen molar-refractivity contribution in [1.82, 2.24) is 0 Å². The van der Waals surface area contributed by atoms with Crippen LogP contribution < -0.4 is 9.47 Å². The molecule has 0 fully saturated rings. The van der Waals surface area contributed by atoms with Crippen LogP contribution >= 0.6 is 0 Å². The van der Waals surface area contributed by atoms with Crippen molar-refractivity contribution in [2.24, 2.45) is 5.41 Å². The van der Waals surface area contributed by atoms with Crippen molar-refractivity contribution < 1.29 is 28.8 Å². The lowest BCUT2D eigenvalue weighted by Gasteiger charge is -2.36. The predicted molar refractivity (Wildman–Crippen MR) is 99.5 cm³/mol. The monoisotopic (exact) mass is 372 g/mol. The fourth-order valence-electron chi connectivity index (χ4n) is 3.24.